The van der Waals surface area contributed by atoms with E-state index < -0.39 is 12.1 Å². The number of nitrogens with one attached hydrogen (secondary N) is 1. The fourth-order valence-corrected chi connectivity index (χ4v) is 3.92. The van der Waals surface area contributed by atoms with Crippen molar-refractivity contribution in [2.45, 2.75) is 25.1 Å². The third-order valence-electron chi connectivity index (χ3n) is 5.16. The summed E-state index contributed by atoms with van der Waals surface area (Å²) in [5.41, 5.74) is 1.00. The fraction of sp³-hybridized carbons (Fsp3) is 0.611. The van der Waals surface area contributed by atoms with Crippen molar-refractivity contribution in [2.75, 3.05) is 39.3 Å². The smallest absolute Gasteiger partial charge is 0.341 e. The van der Waals surface area contributed by atoms with Crippen molar-refractivity contribution < 1.29 is 18.0 Å². The molecule has 1 N–H and O–H groups in total. The minimum atomic E-state index is -4.24. The minimum absolute atomic E-state index is 0. The van der Waals surface area contributed by atoms with Crippen LogP contribution in [0.25, 0.3) is 0 Å². The van der Waals surface area contributed by atoms with Gasteiger partial charge >= 0.3 is 6.18 Å². The lowest BCUT2D eigenvalue weighted by atomic mass is 9.97. The predicted octanol–water partition coefficient (Wildman–Crippen LogP) is 3.51. The number of likely N-dealkylation sites (tertiary alicyclic amines) is 1. The number of rotatable bonds is 3. The van der Waals surface area contributed by atoms with Gasteiger partial charge in [-0.1, -0.05) is 23.7 Å². The first-order valence-electron chi connectivity index (χ1n) is 8.89. The quantitative estimate of drug-likeness (QED) is 0.804. The van der Waals surface area contributed by atoms with Crippen LogP contribution in [0.4, 0.5) is 13.2 Å². The molecule has 1 amide bonds. The van der Waals surface area contributed by atoms with Crippen molar-refractivity contribution in [3.8, 4) is 0 Å². The maximum Gasteiger partial charge on any atom is 0.393 e. The van der Waals surface area contributed by atoms with Crippen molar-refractivity contribution >= 4 is 29.9 Å². The van der Waals surface area contributed by atoms with Crippen LogP contribution >= 0.6 is 24.0 Å². The highest BCUT2D eigenvalue weighted by molar-refractivity contribution is 6.30. The van der Waals surface area contributed by atoms with Gasteiger partial charge in [0.1, 0.15) is 0 Å². The zero-order chi connectivity index (χ0) is 18.7. The van der Waals surface area contributed by atoms with E-state index >= 15 is 0 Å². The number of nitrogens with zero attached hydrogens (tertiary/aromatic N) is 2. The average Bonchev–Trinajstić information content (AvgIpc) is 2.61. The second-order valence-electron chi connectivity index (χ2n) is 6.97. The number of piperidine rings is 1. The Morgan fingerprint density at radius 3 is 2.78 bits per heavy atom. The molecular weight excluding hydrogens is 402 g/mol. The molecule has 2 aliphatic rings. The number of halogens is 5. The third-order valence-corrected chi connectivity index (χ3v) is 5.40. The second kappa shape index (κ2) is 9.45. The SMILES string of the molecule is Cl.O=C(CN1CCNCC1c1cccc(Cl)c1)N1CCCC(C(F)(F)F)C1. The average molecular weight is 426 g/mol. The summed E-state index contributed by atoms with van der Waals surface area (Å²) in [6.45, 7) is 2.40. The van der Waals surface area contributed by atoms with Gasteiger partial charge in [-0.2, -0.15) is 13.2 Å². The summed E-state index contributed by atoms with van der Waals surface area (Å²) < 4.78 is 39.0. The molecular formula is C18H24Cl2F3N3O. The normalized spacial score (nSPS) is 24.4. The maximum absolute atomic E-state index is 13.0. The molecule has 2 aliphatic heterocycles. The molecule has 2 atom stereocenters. The highest BCUT2D eigenvalue weighted by Gasteiger charge is 2.43. The van der Waals surface area contributed by atoms with Gasteiger partial charge < -0.3 is 10.2 Å². The van der Waals surface area contributed by atoms with E-state index in [0.717, 1.165) is 12.1 Å². The lowest BCUT2D eigenvalue weighted by molar-refractivity contribution is -0.188. The van der Waals surface area contributed by atoms with Crippen LogP contribution in [-0.2, 0) is 4.79 Å². The van der Waals surface area contributed by atoms with Gasteiger partial charge in [0.2, 0.25) is 5.91 Å². The summed E-state index contributed by atoms with van der Waals surface area (Å²) in [6, 6.07) is 7.47. The van der Waals surface area contributed by atoms with Crippen molar-refractivity contribution in [1.82, 2.24) is 15.1 Å². The standard InChI is InChI=1S/C18H23ClF3N3O.ClH/c19-15-5-1-3-13(9-15)16-10-23-6-8-24(16)12-17(26)25-7-2-4-14(11-25)18(20,21)22;/h1,3,5,9,14,16,23H,2,4,6-8,10-12H2;1H. The molecule has 2 unspecified atom stereocenters. The summed E-state index contributed by atoms with van der Waals surface area (Å²) in [4.78, 5) is 16.1. The van der Waals surface area contributed by atoms with Gasteiger partial charge in [0.25, 0.3) is 0 Å². The Morgan fingerprint density at radius 1 is 1.30 bits per heavy atom. The Morgan fingerprint density at radius 2 is 2.07 bits per heavy atom. The zero-order valence-electron chi connectivity index (χ0n) is 14.8. The topological polar surface area (TPSA) is 35.6 Å². The Bertz CT molecular complexity index is 645. The minimum Gasteiger partial charge on any atom is -0.341 e. The Labute approximate surface area is 168 Å². The molecule has 1 aromatic rings. The van der Waals surface area contributed by atoms with E-state index in [9.17, 15) is 18.0 Å². The van der Waals surface area contributed by atoms with E-state index in [-0.39, 0.29) is 43.9 Å². The van der Waals surface area contributed by atoms with Gasteiger partial charge in [-0.15, -0.1) is 12.4 Å². The van der Waals surface area contributed by atoms with Crippen LogP contribution in [0.1, 0.15) is 24.4 Å². The molecule has 2 saturated heterocycles. The Balaban J connectivity index is 0.00000261. The lowest BCUT2D eigenvalue weighted by Gasteiger charge is -2.39. The molecule has 0 aromatic heterocycles. The van der Waals surface area contributed by atoms with Crippen LogP contribution in [0.3, 0.4) is 0 Å². The number of hydrogen-bond acceptors (Lipinski definition) is 3. The summed E-state index contributed by atoms with van der Waals surface area (Å²) >= 11 is 6.08. The fourth-order valence-electron chi connectivity index (χ4n) is 3.72. The van der Waals surface area contributed by atoms with Gasteiger partial charge in [0.15, 0.2) is 0 Å². The molecule has 2 fully saturated rings. The van der Waals surface area contributed by atoms with E-state index in [1.165, 1.54) is 4.90 Å². The molecule has 0 saturated carbocycles. The number of piperazine rings is 1. The number of carbonyl (C=O) groups is 1. The molecule has 3 rings (SSSR count). The highest BCUT2D eigenvalue weighted by Crippen LogP contribution is 2.33. The molecule has 0 radical (unpaired) electrons. The van der Waals surface area contributed by atoms with Crippen LogP contribution in [0.2, 0.25) is 5.02 Å². The molecule has 0 bridgehead atoms. The van der Waals surface area contributed by atoms with Crippen LogP contribution < -0.4 is 5.32 Å². The van der Waals surface area contributed by atoms with E-state index in [1.807, 2.05) is 23.1 Å². The monoisotopic (exact) mass is 425 g/mol. The summed E-state index contributed by atoms with van der Waals surface area (Å²) in [7, 11) is 0. The van der Waals surface area contributed by atoms with Crippen molar-refractivity contribution in [3.05, 3.63) is 34.9 Å². The Hall–Kier alpha value is -1.02. The molecule has 2 heterocycles. The number of alkyl halides is 3. The molecule has 4 nitrogen and oxygen atoms in total. The van der Waals surface area contributed by atoms with Gasteiger partial charge in [-0.25, -0.2) is 0 Å². The van der Waals surface area contributed by atoms with Crippen molar-refractivity contribution in [3.63, 3.8) is 0 Å². The molecule has 0 spiro atoms. The number of benzene rings is 1. The summed E-state index contributed by atoms with van der Waals surface area (Å²) in [6.07, 6.45) is -3.74. The largest absolute Gasteiger partial charge is 0.393 e. The molecule has 1 aromatic carbocycles. The second-order valence-corrected chi connectivity index (χ2v) is 7.40. The van der Waals surface area contributed by atoms with Crippen LogP contribution in [0.15, 0.2) is 24.3 Å². The molecule has 9 heteroatoms. The van der Waals surface area contributed by atoms with Gasteiger partial charge in [0.05, 0.1) is 12.5 Å². The number of amides is 1. The Kier molecular flexibility index (Phi) is 7.80. The van der Waals surface area contributed by atoms with Crippen LogP contribution in [-0.4, -0.2) is 61.2 Å². The molecule has 152 valence electrons. The van der Waals surface area contributed by atoms with E-state index in [0.29, 0.717) is 31.1 Å². The van der Waals surface area contributed by atoms with Gasteiger partial charge in [-0.3, -0.25) is 9.69 Å². The lowest BCUT2D eigenvalue weighted by Crippen LogP contribution is -2.52. The van der Waals surface area contributed by atoms with Crippen LogP contribution in [0, 0.1) is 5.92 Å². The third kappa shape index (κ3) is 5.73. The maximum atomic E-state index is 13.0. The molecule has 0 aliphatic carbocycles. The van der Waals surface area contributed by atoms with Crippen molar-refractivity contribution in [2.24, 2.45) is 5.92 Å². The number of carbonyl (C=O) groups excluding carboxylic acids is 1. The highest BCUT2D eigenvalue weighted by atomic mass is 35.5. The molecule has 27 heavy (non-hydrogen) atoms. The van der Waals surface area contributed by atoms with E-state index in [1.54, 1.807) is 6.07 Å². The van der Waals surface area contributed by atoms with E-state index in [4.69, 9.17) is 11.6 Å². The van der Waals surface area contributed by atoms with E-state index in [2.05, 4.69) is 5.32 Å². The summed E-state index contributed by atoms with van der Waals surface area (Å²) in [5, 5.41) is 3.93. The predicted molar refractivity (Wildman–Crippen MR) is 101 cm³/mol. The first-order valence-corrected chi connectivity index (χ1v) is 9.27. The van der Waals surface area contributed by atoms with Gasteiger partial charge in [0, 0.05) is 43.8 Å². The first kappa shape index (κ1) is 22.3. The zero-order valence-corrected chi connectivity index (χ0v) is 16.4. The first-order chi connectivity index (χ1) is 12.3. The number of hydrogen-bond donors (Lipinski definition) is 1. The van der Waals surface area contributed by atoms with Crippen LogP contribution in [0.5, 0.6) is 0 Å². The van der Waals surface area contributed by atoms with Gasteiger partial charge in [-0.05, 0) is 30.5 Å². The van der Waals surface area contributed by atoms with Crippen molar-refractivity contribution in [1.29, 1.82) is 0 Å². The summed E-state index contributed by atoms with van der Waals surface area (Å²) in [5.74, 6) is -1.64.